The van der Waals surface area contributed by atoms with Crippen LogP contribution in [0.3, 0.4) is 0 Å². The van der Waals surface area contributed by atoms with Gasteiger partial charge in [0.1, 0.15) is 5.75 Å². The summed E-state index contributed by atoms with van der Waals surface area (Å²) in [7, 11) is 1.62. The second kappa shape index (κ2) is 10.5. The van der Waals surface area contributed by atoms with Crippen molar-refractivity contribution in [1.29, 1.82) is 0 Å². The molecule has 0 aromatic heterocycles. The number of ether oxygens (including phenoxy) is 1. The third kappa shape index (κ3) is 6.27. The van der Waals surface area contributed by atoms with Crippen molar-refractivity contribution in [1.82, 2.24) is 15.5 Å². The van der Waals surface area contributed by atoms with E-state index in [9.17, 15) is 14.4 Å². The number of piperidine rings is 1. The number of likely N-dealkylation sites (tertiary alicyclic amines) is 1. The van der Waals surface area contributed by atoms with Crippen molar-refractivity contribution in [2.45, 2.75) is 32.6 Å². The zero-order valence-corrected chi connectivity index (χ0v) is 16.1. The van der Waals surface area contributed by atoms with Crippen LogP contribution in [0, 0.1) is 5.92 Å². The van der Waals surface area contributed by atoms with Crippen molar-refractivity contribution in [3.8, 4) is 5.75 Å². The Bertz CT molecular complexity index is 637. The molecule has 1 aliphatic rings. The van der Waals surface area contributed by atoms with Crippen LogP contribution in [0.4, 0.5) is 0 Å². The molecule has 1 aromatic carbocycles. The van der Waals surface area contributed by atoms with E-state index in [4.69, 9.17) is 4.74 Å². The molecule has 0 atom stereocenters. The molecule has 7 heteroatoms. The molecule has 0 unspecified atom stereocenters. The highest BCUT2D eigenvalue weighted by Crippen LogP contribution is 2.17. The first kappa shape index (κ1) is 20.7. The van der Waals surface area contributed by atoms with Crippen molar-refractivity contribution in [3.63, 3.8) is 0 Å². The molecule has 3 amide bonds. The minimum atomic E-state index is -0.288. The lowest BCUT2D eigenvalue weighted by Crippen LogP contribution is -2.46. The summed E-state index contributed by atoms with van der Waals surface area (Å²) in [6.07, 6.45) is 3.36. The van der Waals surface area contributed by atoms with E-state index in [1.165, 1.54) is 0 Å². The molecule has 7 nitrogen and oxygen atoms in total. The lowest BCUT2D eigenvalue weighted by molar-refractivity contribution is -0.134. The fourth-order valence-corrected chi connectivity index (χ4v) is 3.00. The monoisotopic (exact) mass is 375 g/mol. The fourth-order valence-electron chi connectivity index (χ4n) is 3.00. The smallest absolute Gasteiger partial charge is 0.251 e. The van der Waals surface area contributed by atoms with Gasteiger partial charge in [-0.15, -0.1) is 0 Å². The van der Waals surface area contributed by atoms with Crippen LogP contribution in [0.5, 0.6) is 5.75 Å². The van der Waals surface area contributed by atoms with E-state index in [0.29, 0.717) is 38.1 Å². The molecule has 2 N–H and O–H groups in total. The molecule has 0 spiro atoms. The summed E-state index contributed by atoms with van der Waals surface area (Å²) in [6, 6.07) is 6.90. The number of unbranched alkanes of at least 4 members (excludes halogenated alkanes) is 1. The first-order valence-corrected chi connectivity index (χ1v) is 9.55. The SMILES string of the molecule is CCCCOc1ccc(C(=O)NCC(=O)N2CCC(C(=O)NC)CC2)cc1. The van der Waals surface area contributed by atoms with Crippen molar-refractivity contribution in [2.24, 2.45) is 5.92 Å². The molecule has 0 saturated carbocycles. The van der Waals surface area contributed by atoms with Crippen LogP contribution in [0.25, 0.3) is 0 Å². The summed E-state index contributed by atoms with van der Waals surface area (Å²) in [6.45, 7) is 3.79. The number of hydrogen-bond acceptors (Lipinski definition) is 4. The van der Waals surface area contributed by atoms with Gasteiger partial charge in [0.15, 0.2) is 0 Å². The van der Waals surface area contributed by atoms with E-state index in [-0.39, 0.29) is 30.2 Å². The van der Waals surface area contributed by atoms with Gasteiger partial charge in [0.25, 0.3) is 5.91 Å². The molecule has 148 valence electrons. The zero-order valence-electron chi connectivity index (χ0n) is 16.1. The Morgan fingerprint density at radius 1 is 1.15 bits per heavy atom. The average molecular weight is 375 g/mol. The lowest BCUT2D eigenvalue weighted by atomic mass is 9.96. The molecule has 0 bridgehead atoms. The molecule has 1 saturated heterocycles. The Balaban J connectivity index is 1.75. The molecule has 1 heterocycles. The van der Waals surface area contributed by atoms with Gasteiger partial charge in [0, 0.05) is 31.6 Å². The molecule has 0 radical (unpaired) electrons. The number of benzene rings is 1. The molecule has 27 heavy (non-hydrogen) atoms. The van der Waals surface area contributed by atoms with Gasteiger partial charge in [-0.1, -0.05) is 13.3 Å². The summed E-state index contributed by atoms with van der Waals surface area (Å²) in [4.78, 5) is 37.8. The second-order valence-corrected chi connectivity index (χ2v) is 6.68. The van der Waals surface area contributed by atoms with Crippen molar-refractivity contribution < 1.29 is 19.1 Å². The fraction of sp³-hybridized carbons (Fsp3) is 0.550. The summed E-state index contributed by atoms with van der Waals surface area (Å²) >= 11 is 0. The van der Waals surface area contributed by atoms with Crippen molar-refractivity contribution in [3.05, 3.63) is 29.8 Å². The summed E-state index contributed by atoms with van der Waals surface area (Å²) in [5.74, 6) is 0.307. The van der Waals surface area contributed by atoms with Gasteiger partial charge in [-0.25, -0.2) is 0 Å². The van der Waals surface area contributed by atoms with Gasteiger partial charge in [-0.3, -0.25) is 14.4 Å². The molecule has 1 aromatic rings. The predicted molar refractivity (Wildman–Crippen MR) is 103 cm³/mol. The first-order chi connectivity index (χ1) is 13.0. The molecule has 0 aliphatic carbocycles. The standard InChI is InChI=1S/C20H29N3O4/c1-3-4-13-27-17-7-5-15(6-8-17)20(26)22-14-18(24)23-11-9-16(10-12-23)19(25)21-2/h5-8,16H,3-4,9-14H2,1-2H3,(H,21,25)(H,22,26). The molecular weight excluding hydrogens is 346 g/mol. The van der Waals surface area contributed by atoms with E-state index >= 15 is 0 Å². The van der Waals surface area contributed by atoms with Gasteiger partial charge in [-0.05, 0) is 43.5 Å². The van der Waals surface area contributed by atoms with Gasteiger partial charge in [0.05, 0.1) is 13.2 Å². The highest BCUT2D eigenvalue weighted by molar-refractivity contribution is 5.96. The Hall–Kier alpha value is -2.57. The van der Waals surface area contributed by atoms with Crippen LogP contribution >= 0.6 is 0 Å². The van der Waals surface area contributed by atoms with Crippen LogP contribution < -0.4 is 15.4 Å². The molecule has 2 rings (SSSR count). The Morgan fingerprint density at radius 3 is 2.41 bits per heavy atom. The highest BCUT2D eigenvalue weighted by Gasteiger charge is 2.26. The first-order valence-electron chi connectivity index (χ1n) is 9.55. The van der Waals surface area contributed by atoms with E-state index in [1.807, 2.05) is 0 Å². The quantitative estimate of drug-likeness (QED) is 0.676. The molecule has 1 aliphatic heterocycles. The van der Waals surface area contributed by atoms with E-state index in [1.54, 1.807) is 36.2 Å². The van der Waals surface area contributed by atoms with Crippen molar-refractivity contribution >= 4 is 17.7 Å². The third-order valence-corrected chi connectivity index (χ3v) is 4.75. The maximum Gasteiger partial charge on any atom is 0.251 e. The average Bonchev–Trinajstić information content (AvgIpc) is 2.72. The van der Waals surface area contributed by atoms with Gasteiger partial charge in [0.2, 0.25) is 11.8 Å². The number of carbonyl (C=O) groups is 3. The van der Waals surface area contributed by atoms with E-state index < -0.39 is 0 Å². The highest BCUT2D eigenvalue weighted by atomic mass is 16.5. The number of nitrogens with zero attached hydrogens (tertiary/aromatic N) is 1. The Labute approximate surface area is 160 Å². The van der Waals surface area contributed by atoms with Crippen LogP contribution in [0.15, 0.2) is 24.3 Å². The Morgan fingerprint density at radius 2 is 1.81 bits per heavy atom. The number of rotatable bonds is 8. The summed E-state index contributed by atoms with van der Waals surface area (Å²) in [5.41, 5.74) is 0.490. The van der Waals surface area contributed by atoms with Gasteiger partial charge < -0.3 is 20.3 Å². The van der Waals surface area contributed by atoms with E-state index in [2.05, 4.69) is 17.6 Å². The number of carbonyl (C=O) groups excluding carboxylic acids is 3. The van der Waals surface area contributed by atoms with Crippen molar-refractivity contribution in [2.75, 3.05) is 33.3 Å². The van der Waals surface area contributed by atoms with Crippen LogP contribution in [0.2, 0.25) is 0 Å². The molecular formula is C20H29N3O4. The largest absolute Gasteiger partial charge is 0.494 e. The number of amides is 3. The third-order valence-electron chi connectivity index (χ3n) is 4.75. The lowest BCUT2D eigenvalue weighted by Gasteiger charge is -2.31. The minimum Gasteiger partial charge on any atom is -0.494 e. The van der Waals surface area contributed by atoms with Gasteiger partial charge in [-0.2, -0.15) is 0 Å². The van der Waals surface area contributed by atoms with Crippen LogP contribution in [-0.4, -0.2) is 55.9 Å². The summed E-state index contributed by atoms with van der Waals surface area (Å²) < 4.78 is 5.57. The maximum atomic E-state index is 12.3. The zero-order chi connectivity index (χ0) is 19.6. The maximum absolute atomic E-state index is 12.3. The number of hydrogen-bond donors (Lipinski definition) is 2. The topological polar surface area (TPSA) is 87.7 Å². The van der Waals surface area contributed by atoms with Crippen LogP contribution in [0.1, 0.15) is 43.0 Å². The Kier molecular flexibility index (Phi) is 8.10. The van der Waals surface area contributed by atoms with E-state index in [0.717, 1.165) is 18.6 Å². The normalized spacial score (nSPS) is 14.5. The predicted octanol–water partition coefficient (Wildman–Crippen LogP) is 1.58. The van der Waals surface area contributed by atoms with Gasteiger partial charge >= 0.3 is 0 Å². The van der Waals surface area contributed by atoms with Crippen LogP contribution in [-0.2, 0) is 9.59 Å². The second-order valence-electron chi connectivity index (χ2n) is 6.68. The summed E-state index contributed by atoms with van der Waals surface area (Å²) in [5, 5.41) is 5.31. The molecule has 1 fully saturated rings. The number of nitrogens with one attached hydrogen (secondary N) is 2. The minimum absolute atomic E-state index is 0.0255.